The minimum atomic E-state index is -3.32. The van der Waals surface area contributed by atoms with Gasteiger partial charge in [0.2, 0.25) is 0 Å². The number of rotatable bonds is 5. The molecule has 0 spiro atoms. The van der Waals surface area contributed by atoms with E-state index in [0.717, 1.165) is 0 Å². The van der Waals surface area contributed by atoms with Crippen molar-refractivity contribution < 1.29 is 42.5 Å². The molecule has 0 aliphatic heterocycles. The summed E-state index contributed by atoms with van der Waals surface area (Å²) in [5.41, 5.74) is -14.5. The largest absolute Gasteiger partial charge is 0.310 e. The summed E-state index contributed by atoms with van der Waals surface area (Å²) < 4.78 is 288. The Morgan fingerprint density at radius 3 is 1.70 bits per heavy atom. The van der Waals surface area contributed by atoms with Gasteiger partial charge >= 0.3 is 0 Å². The molecule has 0 N–H and O–H groups in total. The van der Waals surface area contributed by atoms with Crippen molar-refractivity contribution in [3.05, 3.63) is 221 Å². The normalized spacial score (nSPS) is 22.4. The fourth-order valence-electron chi connectivity index (χ4n) is 7.46. The lowest BCUT2D eigenvalue weighted by Gasteiger charge is -2.34. The third-order valence-electron chi connectivity index (χ3n) is 9.82. The lowest BCUT2D eigenvalue weighted by Crippen LogP contribution is -2.28. The minimum absolute atomic E-state index is 0.131. The lowest BCUT2D eigenvalue weighted by molar-refractivity contribution is 0.660. The Bertz CT molecular complexity index is 4590. The summed E-state index contributed by atoms with van der Waals surface area (Å²) in [5.74, 6) is 0. The summed E-state index contributed by atoms with van der Waals surface area (Å²) >= 11 is 0.552. The van der Waals surface area contributed by atoms with E-state index in [0.29, 0.717) is 16.2 Å². The van der Waals surface area contributed by atoms with Gasteiger partial charge in [0.1, 0.15) is 0 Å². The molecule has 0 saturated heterocycles. The summed E-state index contributed by atoms with van der Waals surface area (Å²) in [6.07, 6.45) is 0. The van der Waals surface area contributed by atoms with Crippen LogP contribution >= 0.6 is 11.3 Å². The number of thiophene rings is 1. The molecule has 54 heavy (non-hydrogen) atoms. The molecule has 1 nitrogen and oxygen atoms in total. The summed E-state index contributed by atoms with van der Waals surface area (Å²) in [6.45, 7) is 2.87. The predicted octanol–water partition coefficient (Wildman–Crippen LogP) is 14.2. The van der Waals surface area contributed by atoms with Crippen LogP contribution in [0.25, 0.3) is 42.4 Å². The molecule has 256 valence electrons. The van der Waals surface area contributed by atoms with E-state index < -0.39 is 259 Å². The number of hydrogen-bond donors (Lipinski definition) is 0. The zero-order valence-corrected chi connectivity index (χ0v) is 28.7. The van der Waals surface area contributed by atoms with Crippen LogP contribution in [0.4, 0.5) is 17.1 Å². The van der Waals surface area contributed by atoms with E-state index in [2.05, 4.69) is 0 Å². The average molecular weight is 739 g/mol. The molecular weight excluding hydrogens is 671 g/mol. The second-order valence-corrected chi connectivity index (χ2v) is 13.9. The van der Waals surface area contributed by atoms with Crippen molar-refractivity contribution in [3.63, 3.8) is 0 Å². The Balaban J connectivity index is 1.42. The molecule has 0 fully saturated rings. The highest BCUT2D eigenvalue weighted by Crippen LogP contribution is 2.57. The molecule has 2 aliphatic carbocycles. The Hall–Kier alpha value is -6.22. The summed E-state index contributed by atoms with van der Waals surface area (Å²) in [6, 6.07) is -31.0. The van der Waals surface area contributed by atoms with Gasteiger partial charge in [-0.1, -0.05) is 159 Å². The molecule has 2 aliphatic rings. The van der Waals surface area contributed by atoms with Crippen LogP contribution in [0, 0.1) is 0 Å². The van der Waals surface area contributed by atoms with Gasteiger partial charge in [0.15, 0.2) is 0 Å². The van der Waals surface area contributed by atoms with Crippen molar-refractivity contribution in [1.29, 1.82) is 0 Å². The third-order valence-corrected chi connectivity index (χ3v) is 10.8. The fraction of sp³-hybridized carbons (Fsp3) is 0.0769. The highest BCUT2D eigenvalue weighted by molar-refractivity contribution is 7.26. The van der Waals surface area contributed by atoms with Gasteiger partial charge < -0.3 is 4.90 Å². The van der Waals surface area contributed by atoms with Crippen LogP contribution in [0.3, 0.4) is 0 Å². The molecule has 0 saturated carbocycles. The van der Waals surface area contributed by atoms with Crippen LogP contribution < -0.4 is 4.90 Å². The first-order chi connectivity index (χ1) is 39.4. The monoisotopic (exact) mass is 738 g/mol. The van der Waals surface area contributed by atoms with Gasteiger partial charge in [0.25, 0.3) is 0 Å². The molecule has 0 bridgehead atoms. The Kier molecular flexibility index (Phi) is 2.86. The summed E-state index contributed by atoms with van der Waals surface area (Å²) in [5, 5.41) is -0.947. The van der Waals surface area contributed by atoms with Crippen molar-refractivity contribution in [2.24, 2.45) is 0 Å². The molecular formula is C52H37NS. The first-order valence-corrected chi connectivity index (χ1v) is 17.1. The maximum atomic E-state index is 10.3. The second kappa shape index (κ2) is 11.6. The zero-order valence-electron chi connectivity index (χ0n) is 58.9. The molecule has 0 radical (unpaired) electrons. The molecule has 1 heterocycles. The van der Waals surface area contributed by atoms with E-state index in [9.17, 15) is 21.9 Å². The van der Waals surface area contributed by atoms with Gasteiger partial charge in [-0.3, -0.25) is 0 Å². The van der Waals surface area contributed by atoms with E-state index in [1.807, 2.05) is 0 Å². The average Bonchev–Trinajstić information content (AvgIpc) is 1.57. The first-order valence-electron chi connectivity index (χ1n) is 31.8. The van der Waals surface area contributed by atoms with E-state index in [1.165, 1.54) is 13.8 Å². The molecule has 8 aromatic carbocycles. The van der Waals surface area contributed by atoms with E-state index in [1.54, 1.807) is 0 Å². The van der Waals surface area contributed by atoms with Crippen LogP contribution in [0.2, 0.25) is 0 Å². The van der Waals surface area contributed by atoms with Gasteiger partial charge in [-0.25, -0.2) is 0 Å². The van der Waals surface area contributed by atoms with Crippen molar-refractivity contribution in [1.82, 2.24) is 0 Å². The smallest absolute Gasteiger partial charge is 0.0713 e. The lowest BCUT2D eigenvalue weighted by atomic mass is 9.68. The number of benzene rings is 8. The molecule has 0 unspecified atom stereocenters. The van der Waals surface area contributed by atoms with Gasteiger partial charge in [-0.2, -0.15) is 0 Å². The van der Waals surface area contributed by atoms with Gasteiger partial charge in [-0.05, 0) is 97.9 Å². The number of anilines is 3. The minimum Gasteiger partial charge on any atom is -0.310 e. The molecule has 0 atom stereocenters. The van der Waals surface area contributed by atoms with E-state index >= 15 is 0 Å². The van der Waals surface area contributed by atoms with Crippen molar-refractivity contribution in [3.8, 4) is 22.3 Å². The molecule has 0 amide bonds. The second-order valence-electron chi connectivity index (χ2n) is 12.9. The van der Waals surface area contributed by atoms with Crippen LogP contribution in [-0.2, 0) is 10.8 Å². The van der Waals surface area contributed by atoms with Gasteiger partial charge in [0.05, 0.1) is 53.6 Å². The molecule has 11 rings (SSSR count). The maximum absolute atomic E-state index is 10.3. The quantitative estimate of drug-likeness (QED) is 0.170. The fourth-order valence-corrected chi connectivity index (χ4v) is 8.42. The standard InChI is InChI=1S/C52H37NS/c1-51(2)43-21-10-6-17-38(43)41-32-31-37(33-46(41)51)53(47-24-14-26-49-50(47)42-20-9-13-25-48(42)54-49)36-29-27-35(28-30-36)52(34-15-4-3-5-16-34)44-22-11-7-18-39(44)40-19-8-12-23-45(40)52/h3-33H,1-2H3/i3D,4D,5D,6D,7D,8D,9D,10D,11D,12D,13D,14D,15D,16D,17D,18D,19D,20D,21D,22D,23D,24D,25D,26D,27D,28D,29D,30D,31D,32D,33D. The topological polar surface area (TPSA) is 3.24 Å². The van der Waals surface area contributed by atoms with Crippen molar-refractivity contribution in [2.45, 2.75) is 24.7 Å². The summed E-state index contributed by atoms with van der Waals surface area (Å²) in [4.78, 5) is 0.573. The molecule has 2 heteroatoms. The third kappa shape index (κ3) is 4.26. The Morgan fingerprint density at radius 2 is 0.981 bits per heavy atom. The van der Waals surface area contributed by atoms with Crippen molar-refractivity contribution in [2.75, 3.05) is 4.90 Å². The molecule has 1 aromatic heterocycles. The highest BCUT2D eigenvalue weighted by atomic mass is 32.1. The number of nitrogens with zero attached hydrogens (tertiary/aromatic N) is 1. The number of hydrogen-bond acceptors (Lipinski definition) is 2. The zero-order chi connectivity index (χ0) is 63.0. The Morgan fingerprint density at radius 1 is 0.444 bits per heavy atom. The van der Waals surface area contributed by atoms with Crippen molar-refractivity contribution >= 4 is 48.6 Å². The van der Waals surface area contributed by atoms with Gasteiger partial charge in [0, 0.05) is 37.0 Å². The highest BCUT2D eigenvalue weighted by Gasteiger charge is 2.46. The van der Waals surface area contributed by atoms with Crippen LogP contribution in [-0.4, -0.2) is 0 Å². The first kappa shape index (κ1) is 13.3. The van der Waals surface area contributed by atoms with Crippen LogP contribution in [0.5, 0.6) is 0 Å². The van der Waals surface area contributed by atoms with E-state index in [4.69, 9.17) is 20.6 Å². The number of fused-ring (bicyclic) bond motifs is 9. The SMILES string of the molecule is [2H]c1c([2H])c([2H])c(C2(c3c([2H])c([2H])c(N(c4c([2H])c([2H])c5c(c4[2H])C(C)(C)c4c([2H])c([2H])c([2H])c([2H])c4-5)c4c([2H])c([2H])c([2H])c5sc6c([2H])c([2H])c([2H])c([2H])c6c45)c([2H])c3[2H])c3c([2H])c([2H])c([2H])c([2H])c3-c3c([2H])c([2H])c([2H])c([2H])c32)c([2H])c1[2H]. The van der Waals surface area contributed by atoms with Crippen LogP contribution in [0.15, 0.2) is 187 Å². The van der Waals surface area contributed by atoms with Gasteiger partial charge in [-0.15, -0.1) is 11.3 Å². The predicted molar refractivity (Wildman–Crippen MR) is 229 cm³/mol. The Labute approximate surface area is 364 Å². The maximum Gasteiger partial charge on any atom is 0.0713 e. The molecule has 9 aromatic rings. The summed E-state index contributed by atoms with van der Waals surface area (Å²) in [7, 11) is 0. The van der Waals surface area contributed by atoms with E-state index in [-0.39, 0.29) is 31.7 Å². The van der Waals surface area contributed by atoms with Crippen LogP contribution in [0.1, 0.15) is 89.7 Å².